The molecule has 0 bridgehead atoms. The number of halogens is 2. The molecule has 0 aliphatic heterocycles. The summed E-state index contributed by atoms with van der Waals surface area (Å²) in [6.07, 6.45) is 5.32. The van der Waals surface area contributed by atoms with E-state index >= 15 is 0 Å². The number of alkyl halides is 1. The maximum Gasteiger partial charge on any atom is 0.143 e. The zero-order valence-electron chi connectivity index (χ0n) is 8.61. The van der Waals surface area contributed by atoms with Crippen molar-refractivity contribution in [1.82, 2.24) is 0 Å². The minimum Gasteiger partial charge on any atom is -1.00 e. The van der Waals surface area contributed by atoms with E-state index in [-0.39, 0.29) is 17.0 Å². The molecule has 0 amide bonds. The van der Waals surface area contributed by atoms with Gasteiger partial charge < -0.3 is 21.5 Å². The van der Waals surface area contributed by atoms with Crippen LogP contribution in [-0.4, -0.2) is 30.6 Å². The Kier molecular flexibility index (Phi) is 9.41. The van der Waals surface area contributed by atoms with Gasteiger partial charge >= 0.3 is 0 Å². The van der Waals surface area contributed by atoms with Gasteiger partial charge in [0.15, 0.2) is 0 Å². The second kappa shape index (κ2) is 7.34. The summed E-state index contributed by atoms with van der Waals surface area (Å²) in [6, 6.07) is 0. The van der Waals surface area contributed by atoms with Crippen LogP contribution < -0.4 is 17.0 Å². The number of hydrogen-bond donors (Lipinski definition) is 0. The molecule has 0 aromatic rings. The topological polar surface area (TPSA) is 0 Å². The van der Waals surface area contributed by atoms with Gasteiger partial charge in [-0.25, -0.2) is 0 Å². The molecule has 76 valence electrons. The van der Waals surface area contributed by atoms with E-state index in [1.54, 1.807) is 0 Å². The minimum atomic E-state index is 0. The lowest BCUT2D eigenvalue weighted by Crippen LogP contribution is -3.00. The quantitative estimate of drug-likeness (QED) is 0.290. The lowest BCUT2D eigenvalue weighted by atomic mass is 10.2. The van der Waals surface area contributed by atoms with Crippen molar-refractivity contribution in [2.75, 3.05) is 21.1 Å². The Morgan fingerprint density at radius 3 is 2.00 bits per heavy atom. The van der Waals surface area contributed by atoms with Crippen LogP contribution in [-0.2, 0) is 0 Å². The van der Waals surface area contributed by atoms with E-state index in [4.69, 9.17) is 0 Å². The highest BCUT2D eigenvalue weighted by molar-refractivity contribution is 9.09. The molecule has 0 aromatic carbocycles. The molecule has 0 saturated heterocycles. The van der Waals surface area contributed by atoms with Crippen molar-refractivity contribution in [2.24, 2.45) is 0 Å². The van der Waals surface area contributed by atoms with Crippen LogP contribution in [0.25, 0.3) is 0 Å². The third-order valence-electron chi connectivity index (χ3n) is 1.89. The number of rotatable bonds is 5. The third kappa shape index (κ3) is 7.56. The molecule has 0 fully saturated rings. The molecule has 12 heavy (non-hydrogen) atoms. The normalized spacial score (nSPS) is 13.8. The van der Waals surface area contributed by atoms with Crippen LogP contribution in [0.2, 0.25) is 0 Å². The molecular weight excluding hydrogens is 282 g/mol. The van der Waals surface area contributed by atoms with Gasteiger partial charge in [0, 0.05) is 6.42 Å². The smallest absolute Gasteiger partial charge is 0.143 e. The summed E-state index contributed by atoms with van der Waals surface area (Å²) in [6.45, 7) is 2.25. The van der Waals surface area contributed by atoms with Gasteiger partial charge in [-0.15, -0.1) is 0 Å². The van der Waals surface area contributed by atoms with Gasteiger partial charge in [0.1, 0.15) is 4.95 Å². The summed E-state index contributed by atoms with van der Waals surface area (Å²) in [5.41, 5.74) is 0. The highest BCUT2D eigenvalue weighted by atomic mass is 79.9. The number of nitrogens with zero attached hydrogens (tertiary/aromatic N) is 1. The highest BCUT2D eigenvalue weighted by Crippen LogP contribution is 2.17. The first-order valence-corrected chi connectivity index (χ1v) is 5.35. The Morgan fingerprint density at radius 2 is 1.67 bits per heavy atom. The molecular formula is C9H21Br2N. The first-order chi connectivity index (χ1) is 4.98. The molecule has 0 aromatic heterocycles. The van der Waals surface area contributed by atoms with Crippen molar-refractivity contribution in [3.8, 4) is 0 Å². The first kappa shape index (κ1) is 15.4. The molecule has 0 saturated carbocycles. The molecule has 0 N–H and O–H groups in total. The van der Waals surface area contributed by atoms with Crippen molar-refractivity contribution < 1.29 is 21.5 Å². The SMILES string of the molecule is CCCCCC(Br)[N+](C)(C)C.[Br-]. The van der Waals surface area contributed by atoms with E-state index in [0.29, 0.717) is 4.95 Å². The van der Waals surface area contributed by atoms with E-state index in [0.717, 1.165) is 4.48 Å². The Bertz CT molecular complexity index is 99.2. The largest absolute Gasteiger partial charge is 1.00 e. The van der Waals surface area contributed by atoms with E-state index in [1.807, 2.05) is 0 Å². The molecule has 0 spiro atoms. The van der Waals surface area contributed by atoms with Gasteiger partial charge in [0.05, 0.1) is 21.1 Å². The van der Waals surface area contributed by atoms with Crippen molar-refractivity contribution in [2.45, 2.75) is 37.6 Å². The number of hydrogen-bond acceptors (Lipinski definition) is 0. The predicted octanol–water partition coefficient (Wildman–Crippen LogP) is -0.00210. The van der Waals surface area contributed by atoms with Gasteiger partial charge in [0.2, 0.25) is 0 Å². The first-order valence-electron chi connectivity index (χ1n) is 4.43. The molecule has 1 atom stereocenters. The van der Waals surface area contributed by atoms with Crippen LogP contribution in [0.5, 0.6) is 0 Å². The Balaban J connectivity index is 0. The summed E-state index contributed by atoms with van der Waals surface area (Å²) in [5, 5.41) is 0. The van der Waals surface area contributed by atoms with Gasteiger partial charge in [-0.2, -0.15) is 0 Å². The molecule has 0 aliphatic carbocycles. The monoisotopic (exact) mass is 301 g/mol. The molecule has 0 aliphatic rings. The number of unbranched alkanes of at least 4 members (excludes halogenated alkanes) is 2. The van der Waals surface area contributed by atoms with Crippen LogP contribution in [0, 0.1) is 0 Å². The van der Waals surface area contributed by atoms with Crippen LogP contribution in [0.3, 0.4) is 0 Å². The Morgan fingerprint density at radius 1 is 1.17 bits per heavy atom. The van der Waals surface area contributed by atoms with Crippen LogP contribution in [0.15, 0.2) is 0 Å². The predicted molar refractivity (Wildman–Crippen MR) is 54.9 cm³/mol. The van der Waals surface area contributed by atoms with Crippen molar-refractivity contribution >= 4 is 15.9 Å². The lowest BCUT2D eigenvalue weighted by molar-refractivity contribution is -0.879. The molecule has 0 radical (unpaired) electrons. The van der Waals surface area contributed by atoms with Crippen molar-refractivity contribution in [3.63, 3.8) is 0 Å². The average molecular weight is 303 g/mol. The van der Waals surface area contributed by atoms with Gasteiger partial charge in [0.25, 0.3) is 0 Å². The molecule has 3 heteroatoms. The van der Waals surface area contributed by atoms with Gasteiger partial charge in [-0.1, -0.05) is 19.8 Å². The van der Waals surface area contributed by atoms with Crippen LogP contribution >= 0.6 is 15.9 Å². The second-order valence-corrected chi connectivity index (χ2v) is 5.10. The standard InChI is InChI=1S/C9H21BrN.BrH/c1-5-6-7-8-9(10)11(2,3)4;/h9H,5-8H2,1-4H3;1H/q+1;/p-1. The second-order valence-electron chi connectivity index (χ2n) is 4.05. The van der Waals surface area contributed by atoms with Crippen molar-refractivity contribution in [1.29, 1.82) is 0 Å². The van der Waals surface area contributed by atoms with E-state index in [1.165, 1.54) is 25.7 Å². The van der Waals surface area contributed by atoms with Gasteiger partial charge in [-0.3, -0.25) is 0 Å². The highest BCUT2D eigenvalue weighted by Gasteiger charge is 2.18. The zero-order valence-corrected chi connectivity index (χ0v) is 11.8. The average Bonchev–Trinajstić information content (AvgIpc) is 1.86. The molecule has 0 heterocycles. The summed E-state index contributed by atoms with van der Waals surface area (Å²) in [7, 11) is 6.68. The zero-order chi connectivity index (χ0) is 8.91. The Labute approximate surface area is 96.0 Å². The fraction of sp³-hybridized carbons (Fsp3) is 1.00. The summed E-state index contributed by atoms with van der Waals surface area (Å²) >= 11 is 3.70. The summed E-state index contributed by atoms with van der Waals surface area (Å²) in [4.78, 5) is 0.619. The fourth-order valence-electron chi connectivity index (χ4n) is 0.950. The Hall–Kier alpha value is 0.920. The number of quaternary nitrogens is 1. The molecule has 0 rings (SSSR count). The molecule has 1 nitrogen and oxygen atoms in total. The summed E-state index contributed by atoms with van der Waals surface area (Å²) in [5.74, 6) is 0. The fourth-order valence-corrected chi connectivity index (χ4v) is 1.27. The lowest BCUT2D eigenvalue weighted by Gasteiger charge is -2.29. The minimum absolute atomic E-state index is 0. The molecule has 1 unspecified atom stereocenters. The van der Waals surface area contributed by atoms with Crippen LogP contribution in [0.4, 0.5) is 0 Å². The van der Waals surface area contributed by atoms with Crippen molar-refractivity contribution in [3.05, 3.63) is 0 Å². The summed E-state index contributed by atoms with van der Waals surface area (Å²) < 4.78 is 1.02. The van der Waals surface area contributed by atoms with Gasteiger partial charge in [-0.05, 0) is 22.4 Å². The maximum absolute atomic E-state index is 3.70. The van der Waals surface area contributed by atoms with Crippen LogP contribution in [0.1, 0.15) is 32.6 Å². The van der Waals surface area contributed by atoms with E-state index in [2.05, 4.69) is 44.0 Å². The maximum atomic E-state index is 3.70. The van der Waals surface area contributed by atoms with E-state index in [9.17, 15) is 0 Å². The third-order valence-corrected chi connectivity index (χ3v) is 3.57. The van der Waals surface area contributed by atoms with E-state index < -0.39 is 0 Å².